The third-order valence-corrected chi connectivity index (χ3v) is 1.46. The van der Waals surface area contributed by atoms with Crippen molar-refractivity contribution < 1.29 is 23.9 Å². The summed E-state index contributed by atoms with van der Waals surface area (Å²) in [4.78, 5) is 9.94. The lowest BCUT2D eigenvalue weighted by Gasteiger charge is -2.18. The summed E-state index contributed by atoms with van der Waals surface area (Å²) in [5, 5.41) is 17.2. The van der Waals surface area contributed by atoms with Crippen molar-refractivity contribution >= 4 is 5.97 Å². The molecule has 0 aromatic carbocycles. The van der Waals surface area contributed by atoms with E-state index in [0.29, 0.717) is 11.5 Å². The molecule has 2 N–H and O–H groups in total. The number of carbonyl (C=O) groups is 1. The van der Waals surface area contributed by atoms with Crippen LogP contribution in [0.2, 0.25) is 0 Å². The van der Waals surface area contributed by atoms with Crippen LogP contribution in [-0.2, 0) is 4.79 Å². The highest BCUT2D eigenvalue weighted by molar-refractivity contribution is 5.75. The molecule has 4 nitrogen and oxygen atoms in total. The molecule has 13 heavy (non-hydrogen) atoms. The maximum atomic E-state index is 12.4. The fourth-order valence-electron chi connectivity index (χ4n) is 0.717. The average molecular weight is 197 g/mol. The van der Waals surface area contributed by atoms with Gasteiger partial charge in [-0.1, -0.05) is 13.3 Å². The number of rotatable bonds is 6. The van der Waals surface area contributed by atoms with Gasteiger partial charge in [0.1, 0.15) is 0 Å². The van der Waals surface area contributed by atoms with Crippen molar-refractivity contribution in [2.45, 2.75) is 25.7 Å². The number of carboxylic acid groups (broad SMARTS) is 1. The summed E-state index contributed by atoms with van der Waals surface area (Å²) < 4.78 is 24.8. The van der Waals surface area contributed by atoms with E-state index in [4.69, 9.17) is 10.3 Å². The Hall–Kier alpha value is -0.750. The number of unbranched alkanes of at least 4 members (excludes halogenated alkanes) is 1. The van der Waals surface area contributed by atoms with Crippen LogP contribution in [0, 0.1) is 0 Å². The number of halogens is 2. The Bertz CT molecular complexity index is 175. The zero-order valence-corrected chi connectivity index (χ0v) is 7.33. The molecule has 0 spiro atoms. The number of aliphatic carboxylic acids is 1. The van der Waals surface area contributed by atoms with Crippen LogP contribution in [0.4, 0.5) is 8.78 Å². The molecule has 0 heterocycles. The molecule has 0 atom stereocenters. The van der Waals surface area contributed by atoms with Gasteiger partial charge >= 0.3 is 11.9 Å². The van der Waals surface area contributed by atoms with E-state index < -0.39 is 18.4 Å². The van der Waals surface area contributed by atoms with Crippen LogP contribution >= 0.6 is 0 Å². The van der Waals surface area contributed by atoms with Gasteiger partial charge in [-0.2, -0.15) is 13.8 Å². The zero-order chi connectivity index (χ0) is 10.5. The summed E-state index contributed by atoms with van der Waals surface area (Å²) >= 11 is 0. The Morgan fingerprint density at radius 3 is 2.46 bits per heavy atom. The van der Waals surface area contributed by atoms with Gasteiger partial charge in [-0.15, -0.1) is 0 Å². The first-order chi connectivity index (χ1) is 5.90. The van der Waals surface area contributed by atoms with Gasteiger partial charge in [0.05, 0.1) is 6.54 Å². The Labute approximate surface area is 74.7 Å². The molecule has 0 aromatic rings. The van der Waals surface area contributed by atoms with Crippen molar-refractivity contribution in [3.63, 3.8) is 0 Å². The van der Waals surface area contributed by atoms with E-state index in [-0.39, 0.29) is 6.54 Å². The molecule has 0 unspecified atom stereocenters. The van der Waals surface area contributed by atoms with E-state index in [0.717, 1.165) is 6.42 Å². The van der Waals surface area contributed by atoms with Crippen LogP contribution in [0.25, 0.3) is 0 Å². The molecule has 0 saturated carbocycles. The topological polar surface area (TPSA) is 60.8 Å². The van der Waals surface area contributed by atoms with E-state index in [1.807, 2.05) is 6.92 Å². The first-order valence-corrected chi connectivity index (χ1v) is 3.95. The molecule has 0 bridgehead atoms. The lowest BCUT2D eigenvalue weighted by molar-refractivity contribution is -0.188. The lowest BCUT2D eigenvalue weighted by Crippen LogP contribution is -2.41. The molecule has 78 valence electrons. The molecule has 0 radical (unpaired) electrons. The maximum Gasteiger partial charge on any atom is 0.376 e. The minimum absolute atomic E-state index is 0.0549. The lowest BCUT2D eigenvalue weighted by atomic mass is 10.3. The summed E-state index contributed by atoms with van der Waals surface area (Å²) in [6.45, 7) is 0.727. The van der Waals surface area contributed by atoms with Crippen molar-refractivity contribution in [2.24, 2.45) is 0 Å². The number of hydroxylamine groups is 2. The molecule has 0 rings (SSSR count). The SMILES string of the molecule is CCCCN(O)CC(F)(F)C(=O)O. The van der Waals surface area contributed by atoms with Crippen molar-refractivity contribution in [1.82, 2.24) is 5.06 Å². The van der Waals surface area contributed by atoms with Gasteiger partial charge in [0.15, 0.2) is 0 Å². The van der Waals surface area contributed by atoms with Crippen molar-refractivity contribution in [3.8, 4) is 0 Å². The number of hydrogen-bond acceptors (Lipinski definition) is 3. The second-order valence-electron chi connectivity index (χ2n) is 2.75. The molecule has 0 saturated heterocycles. The standard InChI is InChI=1S/C7H13F2NO3/c1-2-3-4-10(13)5-7(8,9)6(11)12/h13H,2-5H2,1H3,(H,11,12). The highest BCUT2D eigenvalue weighted by Crippen LogP contribution is 2.14. The Kier molecular flexibility index (Phi) is 4.79. The summed E-state index contributed by atoms with van der Waals surface area (Å²) in [6, 6.07) is 0. The summed E-state index contributed by atoms with van der Waals surface area (Å²) in [6.07, 6.45) is 1.29. The predicted octanol–water partition coefficient (Wildman–Crippen LogP) is 1.20. The van der Waals surface area contributed by atoms with Gasteiger partial charge < -0.3 is 10.3 Å². The number of hydrogen-bond donors (Lipinski definition) is 2. The molecule has 0 amide bonds. The average Bonchev–Trinajstić information content (AvgIpc) is 1.99. The fraction of sp³-hybridized carbons (Fsp3) is 0.857. The first kappa shape index (κ1) is 12.2. The fourth-order valence-corrected chi connectivity index (χ4v) is 0.717. The molecular formula is C7H13F2NO3. The number of alkyl halides is 2. The van der Waals surface area contributed by atoms with E-state index >= 15 is 0 Å². The van der Waals surface area contributed by atoms with Crippen molar-refractivity contribution in [3.05, 3.63) is 0 Å². The third-order valence-electron chi connectivity index (χ3n) is 1.46. The second kappa shape index (κ2) is 5.08. The van der Waals surface area contributed by atoms with Crippen LogP contribution in [0.15, 0.2) is 0 Å². The normalized spacial score (nSPS) is 12.1. The Morgan fingerprint density at radius 2 is 2.08 bits per heavy atom. The molecule has 0 aromatic heterocycles. The van der Waals surface area contributed by atoms with Gasteiger partial charge in [-0.25, -0.2) is 4.79 Å². The quantitative estimate of drug-likeness (QED) is 0.628. The summed E-state index contributed by atoms with van der Waals surface area (Å²) in [7, 11) is 0. The smallest absolute Gasteiger partial charge is 0.376 e. The van der Waals surface area contributed by atoms with Gasteiger partial charge in [-0.05, 0) is 6.42 Å². The highest BCUT2D eigenvalue weighted by atomic mass is 19.3. The third kappa shape index (κ3) is 4.74. The van der Waals surface area contributed by atoms with Gasteiger partial charge in [0.25, 0.3) is 0 Å². The van der Waals surface area contributed by atoms with Crippen molar-refractivity contribution in [2.75, 3.05) is 13.1 Å². The Morgan fingerprint density at radius 1 is 1.54 bits per heavy atom. The molecule has 0 fully saturated rings. The Balaban J connectivity index is 3.89. The molecular weight excluding hydrogens is 184 g/mol. The minimum atomic E-state index is -3.89. The second-order valence-corrected chi connectivity index (χ2v) is 2.75. The highest BCUT2D eigenvalue weighted by Gasteiger charge is 2.40. The van der Waals surface area contributed by atoms with Crippen LogP contribution in [0.5, 0.6) is 0 Å². The van der Waals surface area contributed by atoms with Crippen molar-refractivity contribution in [1.29, 1.82) is 0 Å². The largest absolute Gasteiger partial charge is 0.477 e. The summed E-state index contributed by atoms with van der Waals surface area (Å²) in [5.41, 5.74) is 0. The van der Waals surface area contributed by atoms with Crippen LogP contribution in [0.1, 0.15) is 19.8 Å². The van der Waals surface area contributed by atoms with Crippen LogP contribution < -0.4 is 0 Å². The van der Waals surface area contributed by atoms with E-state index in [1.165, 1.54) is 0 Å². The molecule has 0 aliphatic heterocycles. The van der Waals surface area contributed by atoms with E-state index in [2.05, 4.69) is 0 Å². The molecule has 0 aliphatic carbocycles. The molecule has 0 aliphatic rings. The van der Waals surface area contributed by atoms with E-state index in [9.17, 15) is 13.6 Å². The van der Waals surface area contributed by atoms with Gasteiger partial charge in [0.2, 0.25) is 0 Å². The minimum Gasteiger partial charge on any atom is -0.477 e. The maximum absolute atomic E-state index is 12.4. The van der Waals surface area contributed by atoms with Crippen LogP contribution in [-0.4, -0.2) is 40.4 Å². The zero-order valence-electron chi connectivity index (χ0n) is 7.33. The first-order valence-electron chi connectivity index (χ1n) is 3.95. The number of carboxylic acids is 1. The summed E-state index contributed by atoms with van der Waals surface area (Å²) in [5.74, 6) is -6.11. The van der Waals surface area contributed by atoms with Gasteiger partial charge in [0, 0.05) is 6.54 Å². The molecule has 6 heteroatoms. The van der Waals surface area contributed by atoms with Gasteiger partial charge in [-0.3, -0.25) is 0 Å². The predicted molar refractivity (Wildman–Crippen MR) is 40.9 cm³/mol. The van der Waals surface area contributed by atoms with E-state index in [1.54, 1.807) is 0 Å². The van der Waals surface area contributed by atoms with Crippen LogP contribution in [0.3, 0.4) is 0 Å². The monoisotopic (exact) mass is 197 g/mol. The number of nitrogens with zero attached hydrogens (tertiary/aromatic N) is 1.